The van der Waals surface area contributed by atoms with E-state index in [9.17, 15) is 14.4 Å². The minimum Gasteiger partial charge on any atom is -0.468 e. The number of pyridine rings is 1. The average molecular weight is 394 g/mol. The fraction of sp³-hybridized carbons (Fsp3) is 0.333. The van der Waals surface area contributed by atoms with Gasteiger partial charge in [0.2, 0.25) is 11.8 Å². The Morgan fingerprint density at radius 1 is 1.28 bits per heavy atom. The zero-order valence-electron chi connectivity index (χ0n) is 16.0. The van der Waals surface area contributed by atoms with Gasteiger partial charge in [-0.25, -0.2) is 0 Å². The third-order valence-corrected chi connectivity index (χ3v) is 5.62. The van der Waals surface area contributed by atoms with Crippen LogP contribution in [-0.2, 0) is 9.59 Å². The summed E-state index contributed by atoms with van der Waals surface area (Å²) in [5.74, 6) is -1.91. The summed E-state index contributed by atoms with van der Waals surface area (Å²) >= 11 is 0. The average Bonchev–Trinajstić information content (AvgIpc) is 2.70. The van der Waals surface area contributed by atoms with E-state index in [1.165, 1.54) is 17.3 Å². The van der Waals surface area contributed by atoms with Crippen molar-refractivity contribution in [1.29, 1.82) is 0 Å². The van der Waals surface area contributed by atoms with E-state index in [0.29, 0.717) is 17.7 Å². The van der Waals surface area contributed by atoms with E-state index >= 15 is 0 Å². The molecule has 0 saturated carbocycles. The fourth-order valence-electron chi connectivity index (χ4n) is 4.27. The highest BCUT2D eigenvalue weighted by Crippen LogP contribution is 2.49. The van der Waals surface area contributed by atoms with Crippen LogP contribution in [0.5, 0.6) is 5.75 Å². The van der Waals surface area contributed by atoms with Gasteiger partial charge in [-0.2, -0.15) is 0 Å². The SMILES string of the molecule is CC12CC(c3ccccc3O1)C(C(N)=O)C(=O)N2CCNC(=O)c1ccncc1. The van der Waals surface area contributed by atoms with Crippen LogP contribution in [0.3, 0.4) is 0 Å². The molecule has 150 valence electrons. The summed E-state index contributed by atoms with van der Waals surface area (Å²) < 4.78 is 6.18. The fourth-order valence-corrected chi connectivity index (χ4v) is 4.27. The molecule has 2 aliphatic heterocycles. The normalized spacial score (nSPS) is 25.0. The van der Waals surface area contributed by atoms with Gasteiger partial charge in [0.05, 0.1) is 0 Å². The number of rotatable bonds is 5. The van der Waals surface area contributed by atoms with Crippen molar-refractivity contribution in [2.75, 3.05) is 13.1 Å². The van der Waals surface area contributed by atoms with E-state index in [-0.39, 0.29) is 30.8 Å². The molecule has 29 heavy (non-hydrogen) atoms. The monoisotopic (exact) mass is 394 g/mol. The van der Waals surface area contributed by atoms with Gasteiger partial charge >= 0.3 is 0 Å². The number of fused-ring (bicyclic) bond motifs is 4. The molecule has 0 aliphatic carbocycles. The van der Waals surface area contributed by atoms with Gasteiger partial charge in [0.15, 0.2) is 5.72 Å². The third kappa shape index (κ3) is 3.30. The van der Waals surface area contributed by atoms with Gasteiger partial charge < -0.3 is 20.7 Å². The number of hydrogen-bond donors (Lipinski definition) is 2. The van der Waals surface area contributed by atoms with Crippen LogP contribution in [0.25, 0.3) is 0 Å². The zero-order chi connectivity index (χ0) is 20.6. The second-order valence-electron chi connectivity index (χ2n) is 7.49. The standard InChI is InChI=1S/C21H22N4O4/c1-21-12-15(14-4-2-3-5-16(14)29-21)17(18(22)26)20(28)25(21)11-10-24-19(27)13-6-8-23-9-7-13/h2-9,15,17H,10-12H2,1H3,(H2,22,26)(H,24,27). The Morgan fingerprint density at radius 2 is 2.00 bits per heavy atom. The molecule has 3 unspecified atom stereocenters. The number of para-hydroxylation sites is 1. The molecule has 8 heteroatoms. The molecule has 3 amide bonds. The van der Waals surface area contributed by atoms with E-state index in [0.717, 1.165) is 5.56 Å². The minimum atomic E-state index is -0.955. The van der Waals surface area contributed by atoms with Crippen molar-refractivity contribution in [1.82, 2.24) is 15.2 Å². The second kappa shape index (κ2) is 7.20. The molecule has 3 atom stereocenters. The number of benzene rings is 1. The van der Waals surface area contributed by atoms with Crippen LogP contribution in [0.15, 0.2) is 48.8 Å². The van der Waals surface area contributed by atoms with Crippen molar-refractivity contribution >= 4 is 17.7 Å². The molecule has 2 aromatic rings. The van der Waals surface area contributed by atoms with E-state index in [1.807, 2.05) is 31.2 Å². The van der Waals surface area contributed by atoms with Crippen molar-refractivity contribution in [3.05, 3.63) is 59.9 Å². The minimum absolute atomic E-state index is 0.199. The quantitative estimate of drug-likeness (QED) is 0.736. The Hall–Kier alpha value is -3.42. The Morgan fingerprint density at radius 3 is 2.72 bits per heavy atom. The summed E-state index contributed by atoms with van der Waals surface area (Å²) in [5.41, 5.74) is 6.00. The predicted molar refractivity (Wildman–Crippen MR) is 104 cm³/mol. The molecule has 2 aliphatic rings. The number of nitrogens with one attached hydrogen (secondary N) is 1. The summed E-state index contributed by atoms with van der Waals surface area (Å²) in [5, 5.41) is 2.79. The smallest absolute Gasteiger partial charge is 0.251 e. The number of piperidine rings is 1. The maximum absolute atomic E-state index is 13.2. The Labute approximate surface area is 168 Å². The van der Waals surface area contributed by atoms with E-state index in [2.05, 4.69) is 10.3 Å². The molecular formula is C21H22N4O4. The largest absolute Gasteiger partial charge is 0.468 e. The van der Waals surface area contributed by atoms with Gasteiger partial charge in [-0.05, 0) is 30.7 Å². The summed E-state index contributed by atoms with van der Waals surface area (Å²) in [7, 11) is 0. The van der Waals surface area contributed by atoms with Crippen LogP contribution in [-0.4, -0.2) is 46.4 Å². The van der Waals surface area contributed by atoms with Crippen LogP contribution >= 0.6 is 0 Å². The first kappa shape index (κ1) is 18.9. The van der Waals surface area contributed by atoms with Crippen LogP contribution < -0.4 is 15.8 Å². The number of ether oxygens (including phenoxy) is 1. The van der Waals surface area contributed by atoms with Crippen LogP contribution in [0.1, 0.15) is 35.2 Å². The molecule has 1 aromatic heterocycles. The highest BCUT2D eigenvalue weighted by Gasteiger charge is 2.55. The molecular weight excluding hydrogens is 372 g/mol. The maximum atomic E-state index is 13.2. The third-order valence-electron chi connectivity index (χ3n) is 5.62. The topological polar surface area (TPSA) is 115 Å². The first-order valence-corrected chi connectivity index (χ1v) is 9.48. The molecule has 4 rings (SSSR count). The summed E-state index contributed by atoms with van der Waals surface area (Å²) in [4.78, 5) is 43.0. The van der Waals surface area contributed by atoms with E-state index < -0.39 is 17.6 Å². The number of nitrogens with zero attached hydrogens (tertiary/aromatic N) is 2. The van der Waals surface area contributed by atoms with Crippen molar-refractivity contribution in [3.63, 3.8) is 0 Å². The van der Waals surface area contributed by atoms with Crippen molar-refractivity contribution < 1.29 is 19.1 Å². The van der Waals surface area contributed by atoms with Gasteiger partial charge in [0, 0.05) is 43.4 Å². The Kier molecular flexibility index (Phi) is 4.70. The lowest BCUT2D eigenvalue weighted by atomic mass is 9.73. The Balaban J connectivity index is 1.55. The van der Waals surface area contributed by atoms with E-state index in [1.54, 1.807) is 12.1 Å². The first-order chi connectivity index (χ1) is 13.9. The van der Waals surface area contributed by atoms with Crippen LogP contribution in [0.2, 0.25) is 0 Å². The summed E-state index contributed by atoms with van der Waals surface area (Å²) in [6, 6.07) is 10.6. The zero-order valence-corrected chi connectivity index (χ0v) is 16.0. The van der Waals surface area contributed by atoms with Crippen molar-refractivity contribution in [3.8, 4) is 5.75 Å². The summed E-state index contributed by atoms with van der Waals surface area (Å²) in [6.07, 6.45) is 3.53. The maximum Gasteiger partial charge on any atom is 0.251 e. The molecule has 1 saturated heterocycles. The molecule has 8 nitrogen and oxygen atoms in total. The molecule has 1 fully saturated rings. The van der Waals surface area contributed by atoms with Gasteiger partial charge in [0.25, 0.3) is 5.91 Å². The Bertz CT molecular complexity index is 964. The second-order valence-corrected chi connectivity index (χ2v) is 7.49. The predicted octanol–water partition coefficient (Wildman–Crippen LogP) is 1.04. The summed E-state index contributed by atoms with van der Waals surface area (Å²) in [6.45, 7) is 2.24. The molecule has 3 N–H and O–H groups in total. The lowest BCUT2D eigenvalue weighted by Crippen LogP contribution is -2.65. The van der Waals surface area contributed by atoms with Gasteiger partial charge in [-0.3, -0.25) is 19.4 Å². The molecule has 1 aromatic carbocycles. The molecule has 2 bridgehead atoms. The highest BCUT2D eigenvalue weighted by molar-refractivity contribution is 6.02. The van der Waals surface area contributed by atoms with Crippen molar-refractivity contribution in [2.45, 2.75) is 25.0 Å². The highest BCUT2D eigenvalue weighted by atomic mass is 16.5. The number of nitrogens with two attached hydrogens (primary N) is 1. The number of carbonyl (C=O) groups excluding carboxylic acids is 3. The molecule has 0 spiro atoms. The van der Waals surface area contributed by atoms with Gasteiger partial charge in [0.1, 0.15) is 11.7 Å². The van der Waals surface area contributed by atoms with Crippen LogP contribution in [0.4, 0.5) is 0 Å². The van der Waals surface area contributed by atoms with E-state index in [4.69, 9.17) is 10.5 Å². The lowest BCUT2D eigenvalue weighted by molar-refractivity contribution is -0.175. The van der Waals surface area contributed by atoms with Crippen LogP contribution in [0, 0.1) is 5.92 Å². The van der Waals surface area contributed by atoms with Gasteiger partial charge in [-0.15, -0.1) is 0 Å². The number of amides is 3. The number of hydrogen-bond acceptors (Lipinski definition) is 5. The number of carbonyl (C=O) groups is 3. The first-order valence-electron chi connectivity index (χ1n) is 9.48. The lowest BCUT2D eigenvalue weighted by Gasteiger charge is -2.52. The van der Waals surface area contributed by atoms with Gasteiger partial charge in [-0.1, -0.05) is 18.2 Å². The number of likely N-dealkylation sites (tertiary alicyclic amines) is 1. The molecule has 0 radical (unpaired) electrons. The molecule has 3 heterocycles. The number of aromatic nitrogens is 1. The number of primary amides is 1. The van der Waals surface area contributed by atoms with Crippen molar-refractivity contribution in [2.24, 2.45) is 11.7 Å².